The van der Waals surface area contributed by atoms with Crippen LogP contribution in [0.2, 0.25) is 0 Å². The molecule has 6 N–H and O–H groups in total. The summed E-state index contributed by atoms with van der Waals surface area (Å²) in [5.74, 6) is -6.38. The minimum Gasteiger partial charge on any atom is -0.508 e. The molecule has 0 spiro atoms. The van der Waals surface area contributed by atoms with E-state index in [0.29, 0.717) is 10.5 Å². The maximum absolute atomic E-state index is 14.3. The van der Waals surface area contributed by atoms with Gasteiger partial charge in [0.05, 0.1) is 23.4 Å². The second-order valence-electron chi connectivity index (χ2n) is 12.8. The predicted octanol–water partition coefficient (Wildman–Crippen LogP) is 2.36. The predicted molar refractivity (Wildman–Crippen MR) is 178 cm³/mol. The average Bonchev–Trinajstić information content (AvgIpc) is 2.99. The van der Waals surface area contributed by atoms with Crippen LogP contribution in [0.5, 0.6) is 5.75 Å². The minimum absolute atomic E-state index is 0.0425. The van der Waals surface area contributed by atoms with Gasteiger partial charge in [0.25, 0.3) is 11.8 Å². The van der Waals surface area contributed by atoms with E-state index in [-0.39, 0.29) is 23.0 Å². The van der Waals surface area contributed by atoms with E-state index < -0.39 is 80.4 Å². The Morgan fingerprint density at radius 2 is 1.50 bits per heavy atom. The number of imide groups is 1. The van der Waals surface area contributed by atoms with Crippen molar-refractivity contribution in [3.63, 3.8) is 0 Å². The molecule has 0 aromatic heterocycles. The summed E-state index contributed by atoms with van der Waals surface area (Å²) in [4.78, 5) is 66.9. The van der Waals surface area contributed by atoms with Crippen LogP contribution in [0, 0.1) is 11.8 Å². The number of allylic oxidation sites excluding steroid dienone is 1. The summed E-state index contributed by atoms with van der Waals surface area (Å²) in [6, 6.07) is 8.55. The van der Waals surface area contributed by atoms with Crippen molar-refractivity contribution in [1.82, 2.24) is 10.2 Å². The molecule has 0 saturated heterocycles. The number of nitrogens with one attached hydrogen (secondary N) is 1. The van der Waals surface area contributed by atoms with Gasteiger partial charge in [-0.2, -0.15) is 0 Å². The van der Waals surface area contributed by atoms with Crippen LogP contribution in [0.1, 0.15) is 60.5 Å². The van der Waals surface area contributed by atoms with Gasteiger partial charge < -0.3 is 26.6 Å². The molecule has 14 heteroatoms. The summed E-state index contributed by atoms with van der Waals surface area (Å²) in [7, 11) is -4.78. The first-order valence-corrected chi connectivity index (χ1v) is 16.9. The molecule has 0 radical (unpaired) electrons. The van der Waals surface area contributed by atoms with Crippen LogP contribution in [0.15, 0.2) is 70.6 Å². The van der Waals surface area contributed by atoms with Gasteiger partial charge >= 0.3 is 5.97 Å². The van der Waals surface area contributed by atoms with Gasteiger partial charge in [-0.25, -0.2) is 13.3 Å². The lowest BCUT2D eigenvalue weighted by Crippen LogP contribution is -2.56. The van der Waals surface area contributed by atoms with Gasteiger partial charge in [-0.3, -0.25) is 24.0 Å². The van der Waals surface area contributed by atoms with E-state index in [0.717, 1.165) is 13.0 Å². The fourth-order valence-corrected chi connectivity index (χ4v) is 5.91. The van der Waals surface area contributed by atoms with E-state index in [1.54, 1.807) is 40.7 Å². The molecule has 0 saturated carbocycles. The third-order valence-corrected chi connectivity index (χ3v) is 8.88. The van der Waals surface area contributed by atoms with Crippen LogP contribution in [0.3, 0.4) is 0 Å². The lowest BCUT2D eigenvalue weighted by molar-refractivity contribution is -0.156. The summed E-state index contributed by atoms with van der Waals surface area (Å²) < 4.78 is 33.9. The standard InChI is InChI=1S/C34H46N4O9S/c1-20(2)30(36)31(42)37-21(3)32(43)38(33(44)27(35)17-23-13-15-25(40)16-14-23)28(48(45,46)26-11-9-8-10-12-26)18-24(22(4)39)19-29(41)47-34(5,6)7/h8-16,18,20-21,24,27,30,40H,17,19,35-36H2,1-7H3,(H,37,42)/t21-,24?,27-,30-/m0/s1. The summed E-state index contributed by atoms with van der Waals surface area (Å²) in [6.45, 7) is 10.6. The van der Waals surface area contributed by atoms with Gasteiger partial charge in [-0.15, -0.1) is 0 Å². The molecule has 0 aliphatic heterocycles. The third-order valence-electron chi connectivity index (χ3n) is 7.12. The van der Waals surface area contributed by atoms with Crippen LogP contribution >= 0.6 is 0 Å². The highest BCUT2D eigenvalue weighted by Crippen LogP contribution is 2.28. The SMILES string of the molecule is CC(=O)C(C=C(N(C(=O)[C@H](C)NC(=O)[C@@H](N)C(C)C)C(=O)[C@@H](N)Cc1ccc(O)cc1)S(=O)(=O)c1ccccc1)CC(=O)OC(C)(C)C. The number of ether oxygens (including phenoxy) is 1. The van der Waals surface area contributed by atoms with Crippen LogP contribution in [-0.4, -0.2) is 71.6 Å². The minimum atomic E-state index is -4.78. The Bertz CT molecular complexity index is 1620. The number of hydrogen-bond donors (Lipinski definition) is 4. The van der Waals surface area contributed by atoms with Crippen molar-refractivity contribution in [2.24, 2.45) is 23.3 Å². The van der Waals surface area contributed by atoms with Crippen molar-refractivity contribution in [2.75, 3.05) is 0 Å². The average molecular weight is 687 g/mol. The Morgan fingerprint density at radius 3 is 2.00 bits per heavy atom. The number of amides is 3. The summed E-state index contributed by atoms with van der Waals surface area (Å²) in [5.41, 5.74) is 11.8. The van der Waals surface area contributed by atoms with Gasteiger partial charge in [0.2, 0.25) is 15.7 Å². The molecule has 2 rings (SSSR count). The molecule has 0 fully saturated rings. The second-order valence-corrected chi connectivity index (χ2v) is 14.7. The maximum atomic E-state index is 14.3. The Balaban J connectivity index is 2.82. The number of Topliss-reactive ketones (excluding diaryl/α,β-unsaturated/α-hetero) is 1. The molecule has 0 heterocycles. The van der Waals surface area contributed by atoms with Crippen LogP contribution in [0.25, 0.3) is 0 Å². The Labute approximate surface area is 281 Å². The number of aromatic hydroxyl groups is 1. The van der Waals surface area contributed by atoms with E-state index in [9.17, 15) is 37.5 Å². The summed E-state index contributed by atoms with van der Waals surface area (Å²) in [6.07, 6.45) is 0.0757. The Kier molecular flexibility index (Phi) is 13.8. The molecule has 13 nitrogen and oxygen atoms in total. The quantitative estimate of drug-likeness (QED) is 0.212. The normalized spacial score (nSPS) is 14.8. The highest BCUT2D eigenvalue weighted by molar-refractivity contribution is 7.95. The molecule has 0 aliphatic rings. The smallest absolute Gasteiger partial charge is 0.307 e. The van der Waals surface area contributed by atoms with E-state index in [4.69, 9.17) is 16.2 Å². The van der Waals surface area contributed by atoms with Crippen molar-refractivity contribution < 1.29 is 42.2 Å². The zero-order chi connectivity index (χ0) is 36.6. The number of rotatable bonds is 14. The molecule has 4 atom stereocenters. The summed E-state index contributed by atoms with van der Waals surface area (Å²) in [5, 5.41) is 11.2. The molecule has 0 bridgehead atoms. The lowest BCUT2D eigenvalue weighted by atomic mass is 10.0. The third kappa shape index (κ3) is 11.1. The van der Waals surface area contributed by atoms with Crippen molar-refractivity contribution in [3.8, 4) is 5.75 Å². The fraction of sp³-hybridized carbons (Fsp3) is 0.441. The molecular weight excluding hydrogens is 640 g/mol. The number of hydrogen-bond acceptors (Lipinski definition) is 11. The van der Waals surface area contributed by atoms with Gasteiger partial charge in [-0.05, 0) is 82.9 Å². The first kappa shape index (κ1) is 39.8. The molecule has 0 aliphatic carbocycles. The second kappa shape index (κ2) is 16.6. The topological polar surface area (TPSA) is 216 Å². The highest BCUT2D eigenvalue weighted by atomic mass is 32.2. The molecule has 2 aromatic rings. The van der Waals surface area contributed by atoms with Gasteiger partial charge in [-0.1, -0.05) is 44.2 Å². The van der Waals surface area contributed by atoms with E-state index in [1.807, 2.05) is 0 Å². The van der Waals surface area contributed by atoms with Crippen LogP contribution in [0.4, 0.5) is 0 Å². The van der Waals surface area contributed by atoms with Gasteiger partial charge in [0.1, 0.15) is 28.2 Å². The maximum Gasteiger partial charge on any atom is 0.307 e. The zero-order valence-electron chi connectivity index (χ0n) is 28.3. The van der Waals surface area contributed by atoms with Crippen molar-refractivity contribution in [3.05, 3.63) is 71.3 Å². The molecule has 48 heavy (non-hydrogen) atoms. The van der Waals surface area contributed by atoms with E-state index >= 15 is 0 Å². The van der Waals surface area contributed by atoms with Crippen LogP contribution < -0.4 is 16.8 Å². The van der Waals surface area contributed by atoms with Gasteiger partial charge in [0, 0.05) is 5.92 Å². The number of carbonyl (C=O) groups is 5. The molecule has 3 amide bonds. The van der Waals surface area contributed by atoms with E-state index in [1.165, 1.54) is 55.5 Å². The number of ketones is 1. The lowest BCUT2D eigenvalue weighted by Gasteiger charge is -2.30. The number of sulfone groups is 1. The molecular formula is C34H46N4O9S. The number of phenols is 1. The summed E-state index contributed by atoms with van der Waals surface area (Å²) >= 11 is 0. The van der Waals surface area contributed by atoms with Crippen LogP contribution in [-0.2, 0) is 45.0 Å². The van der Waals surface area contributed by atoms with Crippen molar-refractivity contribution in [2.45, 2.75) is 89.9 Å². The number of nitrogens with two attached hydrogens (primary N) is 2. The van der Waals surface area contributed by atoms with Crippen molar-refractivity contribution >= 4 is 39.3 Å². The molecule has 262 valence electrons. The largest absolute Gasteiger partial charge is 0.508 e. The number of benzene rings is 2. The highest BCUT2D eigenvalue weighted by Gasteiger charge is 2.40. The Morgan fingerprint density at radius 1 is 0.938 bits per heavy atom. The monoisotopic (exact) mass is 686 g/mol. The Hall–Kier alpha value is -4.40. The number of carbonyl (C=O) groups excluding carboxylic acids is 5. The fourth-order valence-electron chi connectivity index (χ4n) is 4.39. The van der Waals surface area contributed by atoms with Crippen molar-refractivity contribution in [1.29, 1.82) is 0 Å². The number of phenolic OH excluding ortho intramolecular Hbond substituents is 1. The zero-order valence-corrected chi connectivity index (χ0v) is 29.1. The first-order chi connectivity index (χ1) is 22.1. The molecule has 2 aromatic carbocycles. The first-order valence-electron chi connectivity index (χ1n) is 15.4. The van der Waals surface area contributed by atoms with Gasteiger partial charge in [0.15, 0.2) is 0 Å². The number of nitrogens with zero attached hydrogens (tertiary/aromatic N) is 1. The van der Waals surface area contributed by atoms with E-state index in [2.05, 4.69) is 5.32 Å². The molecule has 1 unspecified atom stereocenters. The number of esters is 1.